The van der Waals surface area contributed by atoms with Gasteiger partial charge < -0.3 is 4.74 Å². The summed E-state index contributed by atoms with van der Waals surface area (Å²) >= 11 is 8.91. The van der Waals surface area contributed by atoms with Gasteiger partial charge in [0.1, 0.15) is 5.75 Å². The summed E-state index contributed by atoms with van der Waals surface area (Å²) in [5.74, 6) is -0.233. The Morgan fingerprint density at radius 3 is 2.53 bits per heavy atom. The minimum absolute atomic E-state index is 0.00638. The third-order valence-electron chi connectivity index (χ3n) is 2.09. The summed E-state index contributed by atoms with van der Waals surface area (Å²) in [6.45, 7) is 0. The molecule has 0 radical (unpaired) electrons. The van der Waals surface area contributed by atoms with E-state index in [1.807, 2.05) is 0 Å². The van der Waals surface area contributed by atoms with E-state index in [9.17, 15) is 13.2 Å². The van der Waals surface area contributed by atoms with E-state index in [1.165, 1.54) is 6.07 Å². The van der Waals surface area contributed by atoms with Crippen molar-refractivity contribution in [3.05, 3.63) is 29.3 Å². The molecule has 6 heteroatoms. The van der Waals surface area contributed by atoms with Crippen LogP contribution in [0, 0.1) is 0 Å². The van der Waals surface area contributed by atoms with Gasteiger partial charge in [0, 0.05) is 10.9 Å². The van der Waals surface area contributed by atoms with Gasteiger partial charge in [-0.3, -0.25) is 0 Å². The molecular weight excluding hydrogens is 320 g/mol. The summed E-state index contributed by atoms with van der Waals surface area (Å²) in [7, 11) is 0. The molecule has 0 atom stereocenters. The molecule has 0 unspecified atom stereocenters. The highest BCUT2D eigenvalue weighted by Gasteiger charge is 2.31. The molecule has 0 aliphatic rings. The normalized spacial score (nSPS) is 11.6. The minimum Gasteiger partial charge on any atom is -0.405 e. The molecule has 0 bridgehead atoms. The van der Waals surface area contributed by atoms with E-state index in [1.54, 1.807) is 12.1 Å². The maximum absolute atomic E-state index is 12.1. The number of ether oxygens (including phenoxy) is 1. The maximum Gasteiger partial charge on any atom is 0.573 e. The first kappa shape index (κ1) is 14.6. The van der Waals surface area contributed by atoms with E-state index in [2.05, 4.69) is 20.7 Å². The fourth-order valence-corrected chi connectivity index (χ4v) is 1.88. The lowest BCUT2D eigenvalue weighted by Crippen LogP contribution is -2.18. The van der Waals surface area contributed by atoms with Gasteiger partial charge in [0.05, 0.1) is 5.88 Å². The number of rotatable bonds is 5. The molecule has 0 aromatic heterocycles. The van der Waals surface area contributed by atoms with Crippen LogP contribution < -0.4 is 4.74 Å². The van der Waals surface area contributed by atoms with Crippen LogP contribution in [-0.2, 0) is 12.3 Å². The molecule has 1 nitrogen and oxygen atoms in total. The number of hydrogen-bond acceptors (Lipinski definition) is 1. The van der Waals surface area contributed by atoms with Crippen LogP contribution in [0.4, 0.5) is 13.2 Å². The third kappa shape index (κ3) is 5.17. The standard InChI is InChI=1S/C11H11BrClF3O/c12-5-1-2-8-3-4-10(9(6-8)7-13)17-11(14,15)16/h3-4,6H,1-2,5,7H2. The number of halogens is 5. The maximum atomic E-state index is 12.1. The quantitative estimate of drug-likeness (QED) is 0.714. The van der Waals surface area contributed by atoms with E-state index in [4.69, 9.17) is 11.6 Å². The Bertz CT molecular complexity index is 368. The number of hydrogen-bond donors (Lipinski definition) is 0. The van der Waals surface area contributed by atoms with Gasteiger partial charge in [0.15, 0.2) is 0 Å². The van der Waals surface area contributed by atoms with E-state index >= 15 is 0 Å². The Morgan fingerprint density at radius 2 is 2.00 bits per heavy atom. The van der Waals surface area contributed by atoms with E-state index in [-0.39, 0.29) is 11.6 Å². The molecule has 96 valence electrons. The molecule has 0 fully saturated rings. The Hall–Kier alpha value is -0.420. The van der Waals surface area contributed by atoms with Crippen molar-refractivity contribution in [3.63, 3.8) is 0 Å². The average molecular weight is 332 g/mol. The first-order chi connectivity index (χ1) is 7.96. The van der Waals surface area contributed by atoms with Crippen LogP contribution in [0.5, 0.6) is 5.75 Å². The van der Waals surface area contributed by atoms with Gasteiger partial charge in [0.25, 0.3) is 0 Å². The Balaban J connectivity index is 2.85. The molecule has 0 N–H and O–H groups in total. The molecule has 17 heavy (non-hydrogen) atoms. The highest BCUT2D eigenvalue weighted by atomic mass is 79.9. The average Bonchev–Trinajstić information content (AvgIpc) is 2.25. The molecule has 0 aliphatic carbocycles. The second-order valence-electron chi connectivity index (χ2n) is 3.42. The number of alkyl halides is 5. The van der Waals surface area contributed by atoms with Crippen LogP contribution in [0.25, 0.3) is 0 Å². The molecule has 0 aliphatic heterocycles. The predicted octanol–water partition coefficient (Wildman–Crippen LogP) is 4.65. The molecule has 1 aromatic rings. The number of benzene rings is 1. The van der Waals surface area contributed by atoms with E-state index in [0.29, 0.717) is 5.56 Å². The topological polar surface area (TPSA) is 9.23 Å². The zero-order valence-electron chi connectivity index (χ0n) is 8.86. The van der Waals surface area contributed by atoms with Gasteiger partial charge in [-0.15, -0.1) is 24.8 Å². The zero-order valence-corrected chi connectivity index (χ0v) is 11.2. The molecular formula is C11H11BrClF3O. The summed E-state index contributed by atoms with van der Waals surface area (Å²) < 4.78 is 40.2. The molecule has 0 amide bonds. The molecule has 0 spiro atoms. The second kappa shape index (κ2) is 6.50. The first-order valence-electron chi connectivity index (χ1n) is 4.95. The van der Waals surface area contributed by atoms with Crippen LogP contribution in [0.3, 0.4) is 0 Å². The van der Waals surface area contributed by atoms with Crippen molar-refractivity contribution in [2.75, 3.05) is 5.33 Å². The lowest BCUT2D eigenvalue weighted by Gasteiger charge is -2.13. The predicted molar refractivity (Wildman–Crippen MR) is 64.8 cm³/mol. The summed E-state index contributed by atoms with van der Waals surface area (Å²) in [5.41, 5.74) is 1.31. The van der Waals surface area contributed by atoms with Crippen molar-refractivity contribution in [1.29, 1.82) is 0 Å². The minimum atomic E-state index is -4.68. The largest absolute Gasteiger partial charge is 0.573 e. The van der Waals surface area contributed by atoms with Gasteiger partial charge in [-0.05, 0) is 24.5 Å². The summed E-state index contributed by atoms with van der Waals surface area (Å²) in [6.07, 6.45) is -2.97. The van der Waals surface area contributed by atoms with Gasteiger partial charge in [0.2, 0.25) is 0 Å². The molecule has 0 saturated heterocycles. The van der Waals surface area contributed by atoms with Crippen molar-refractivity contribution < 1.29 is 17.9 Å². The van der Waals surface area contributed by atoms with Crippen molar-refractivity contribution in [1.82, 2.24) is 0 Å². The SMILES string of the molecule is FC(F)(F)Oc1ccc(CCCBr)cc1CCl. The number of aryl methyl sites for hydroxylation is 1. The summed E-state index contributed by atoms with van der Waals surface area (Å²) in [5, 5.41) is 0.851. The fraction of sp³-hybridized carbons (Fsp3) is 0.455. The van der Waals surface area contributed by atoms with Gasteiger partial charge in [-0.2, -0.15) is 0 Å². The van der Waals surface area contributed by atoms with E-state index < -0.39 is 6.36 Å². The van der Waals surface area contributed by atoms with Crippen LogP contribution >= 0.6 is 27.5 Å². The first-order valence-corrected chi connectivity index (χ1v) is 6.61. The van der Waals surface area contributed by atoms with Crippen LogP contribution in [0.2, 0.25) is 0 Å². The fourth-order valence-electron chi connectivity index (χ4n) is 1.39. The van der Waals surface area contributed by atoms with E-state index in [0.717, 1.165) is 23.7 Å². The Morgan fingerprint density at radius 1 is 1.29 bits per heavy atom. The Kier molecular flexibility index (Phi) is 5.59. The van der Waals surface area contributed by atoms with Crippen LogP contribution in [0.15, 0.2) is 18.2 Å². The van der Waals surface area contributed by atoms with Crippen LogP contribution in [-0.4, -0.2) is 11.7 Å². The molecule has 1 aromatic carbocycles. The molecule has 0 heterocycles. The highest BCUT2D eigenvalue weighted by Crippen LogP contribution is 2.28. The second-order valence-corrected chi connectivity index (χ2v) is 4.48. The third-order valence-corrected chi connectivity index (χ3v) is 2.94. The molecule has 1 rings (SSSR count). The highest BCUT2D eigenvalue weighted by molar-refractivity contribution is 9.09. The van der Waals surface area contributed by atoms with Crippen molar-refractivity contribution in [2.45, 2.75) is 25.1 Å². The Labute approximate surface area is 111 Å². The monoisotopic (exact) mass is 330 g/mol. The van der Waals surface area contributed by atoms with Crippen molar-refractivity contribution in [3.8, 4) is 5.75 Å². The van der Waals surface area contributed by atoms with Gasteiger partial charge in [-0.1, -0.05) is 28.1 Å². The molecule has 0 saturated carbocycles. The summed E-state index contributed by atoms with van der Waals surface area (Å²) in [4.78, 5) is 0. The van der Waals surface area contributed by atoms with Crippen LogP contribution in [0.1, 0.15) is 17.5 Å². The summed E-state index contributed by atoms with van der Waals surface area (Å²) in [6, 6.07) is 4.59. The van der Waals surface area contributed by atoms with Gasteiger partial charge in [-0.25, -0.2) is 0 Å². The lowest BCUT2D eigenvalue weighted by molar-refractivity contribution is -0.274. The van der Waals surface area contributed by atoms with Crippen molar-refractivity contribution >= 4 is 27.5 Å². The lowest BCUT2D eigenvalue weighted by atomic mass is 10.1. The van der Waals surface area contributed by atoms with Gasteiger partial charge >= 0.3 is 6.36 Å². The van der Waals surface area contributed by atoms with Crippen molar-refractivity contribution in [2.24, 2.45) is 0 Å². The zero-order chi connectivity index (χ0) is 12.9. The smallest absolute Gasteiger partial charge is 0.405 e.